The van der Waals surface area contributed by atoms with Crippen LogP contribution in [0.3, 0.4) is 0 Å². The molecule has 21 heavy (non-hydrogen) atoms. The van der Waals surface area contributed by atoms with Crippen molar-refractivity contribution in [2.45, 2.75) is 24.5 Å². The van der Waals surface area contributed by atoms with Crippen LogP contribution >= 0.6 is 15.9 Å². The molecule has 0 bridgehead atoms. The van der Waals surface area contributed by atoms with E-state index in [0.29, 0.717) is 10.0 Å². The van der Waals surface area contributed by atoms with Gasteiger partial charge in [-0.25, -0.2) is 13.1 Å². The van der Waals surface area contributed by atoms with E-state index in [4.69, 9.17) is 5.11 Å². The van der Waals surface area contributed by atoms with Crippen LogP contribution in [0.4, 0.5) is 0 Å². The molecule has 0 amide bonds. The maximum Gasteiger partial charge on any atom is 0.242 e. The fraction of sp³-hybridized carbons (Fsp3) is 0.214. The van der Waals surface area contributed by atoms with Crippen molar-refractivity contribution < 1.29 is 13.5 Å². The van der Waals surface area contributed by atoms with Crippen LogP contribution in [0.5, 0.6) is 0 Å². The molecule has 112 valence electrons. The highest BCUT2D eigenvalue weighted by molar-refractivity contribution is 9.10. The standard InChI is InChI=1S/C14H15BrN2O3S/c1-10(12-3-2-6-16-8-12)17-21(19,20)14-7-11(9-18)4-5-13(14)15/h2-8,10,17-18H,9H2,1H3. The molecule has 0 aliphatic rings. The van der Waals surface area contributed by atoms with E-state index >= 15 is 0 Å². The van der Waals surface area contributed by atoms with E-state index in [0.717, 1.165) is 5.56 Å². The zero-order chi connectivity index (χ0) is 15.5. The summed E-state index contributed by atoms with van der Waals surface area (Å²) in [4.78, 5) is 4.08. The third-order valence-electron chi connectivity index (χ3n) is 2.98. The van der Waals surface area contributed by atoms with Gasteiger partial charge in [-0.1, -0.05) is 12.1 Å². The van der Waals surface area contributed by atoms with Gasteiger partial charge in [0.25, 0.3) is 0 Å². The average molecular weight is 371 g/mol. The number of halogens is 1. The highest BCUT2D eigenvalue weighted by atomic mass is 79.9. The number of hydrogen-bond donors (Lipinski definition) is 2. The van der Waals surface area contributed by atoms with Crippen molar-refractivity contribution in [2.75, 3.05) is 0 Å². The normalized spacial score (nSPS) is 13.1. The third kappa shape index (κ3) is 3.88. The van der Waals surface area contributed by atoms with Gasteiger partial charge >= 0.3 is 0 Å². The first-order valence-electron chi connectivity index (χ1n) is 6.25. The van der Waals surface area contributed by atoms with E-state index in [1.807, 2.05) is 0 Å². The summed E-state index contributed by atoms with van der Waals surface area (Å²) in [6, 6.07) is 7.86. The second-order valence-corrected chi connectivity index (χ2v) is 7.09. The Bertz CT molecular complexity index is 720. The number of aromatic nitrogens is 1. The minimum atomic E-state index is -3.71. The van der Waals surface area contributed by atoms with Crippen molar-refractivity contribution in [3.63, 3.8) is 0 Å². The maximum absolute atomic E-state index is 12.5. The summed E-state index contributed by atoms with van der Waals surface area (Å²) in [5.41, 5.74) is 1.31. The van der Waals surface area contributed by atoms with Gasteiger partial charge in [0.15, 0.2) is 0 Å². The van der Waals surface area contributed by atoms with Crippen LogP contribution in [0.15, 0.2) is 52.1 Å². The summed E-state index contributed by atoms with van der Waals surface area (Å²) in [7, 11) is -3.71. The first-order chi connectivity index (χ1) is 9.94. The van der Waals surface area contributed by atoms with Crippen molar-refractivity contribution >= 4 is 26.0 Å². The summed E-state index contributed by atoms with van der Waals surface area (Å²) in [6.07, 6.45) is 3.25. The molecule has 1 aromatic carbocycles. The van der Waals surface area contributed by atoms with Gasteiger partial charge in [-0.15, -0.1) is 0 Å². The van der Waals surface area contributed by atoms with Crippen LogP contribution < -0.4 is 4.72 Å². The third-order valence-corrected chi connectivity index (χ3v) is 5.52. The monoisotopic (exact) mass is 370 g/mol. The molecule has 0 saturated carbocycles. The molecule has 1 unspecified atom stereocenters. The lowest BCUT2D eigenvalue weighted by Gasteiger charge is -2.15. The predicted octanol–water partition coefficient (Wildman–Crippen LogP) is 2.38. The Balaban J connectivity index is 2.30. The molecule has 0 saturated heterocycles. The highest BCUT2D eigenvalue weighted by Gasteiger charge is 2.21. The lowest BCUT2D eigenvalue weighted by Crippen LogP contribution is -2.27. The topological polar surface area (TPSA) is 79.3 Å². The van der Waals surface area contributed by atoms with E-state index in [2.05, 4.69) is 25.6 Å². The molecule has 5 nitrogen and oxygen atoms in total. The lowest BCUT2D eigenvalue weighted by molar-refractivity contribution is 0.281. The van der Waals surface area contributed by atoms with Crippen LogP contribution in [0, 0.1) is 0 Å². The Morgan fingerprint density at radius 3 is 2.76 bits per heavy atom. The number of pyridine rings is 1. The second kappa shape index (κ2) is 6.65. The lowest BCUT2D eigenvalue weighted by atomic mass is 10.2. The van der Waals surface area contributed by atoms with Gasteiger partial charge in [-0.2, -0.15) is 0 Å². The molecule has 2 rings (SSSR count). The molecule has 1 heterocycles. The second-order valence-electron chi connectivity index (χ2n) is 4.55. The van der Waals surface area contributed by atoms with Gasteiger partial charge in [0.1, 0.15) is 0 Å². The van der Waals surface area contributed by atoms with Crippen LogP contribution in [-0.4, -0.2) is 18.5 Å². The van der Waals surface area contributed by atoms with Crippen molar-refractivity contribution in [1.82, 2.24) is 9.71 Å². The fourth-order valence-corrected chi connectivity index (χ4v) is 4.09. The first-order valence-corrected chi connectivity index (χ1v) is 8.53. The first kappa shape index (κ1) is 16.1. The number of rotatable bonds is 5. The Hall–Kier alpha value is -1.28. The Morgan fingerprint density at radius 1 is 1.38 bits per heavy atom. The van der Waals surface area contributed by atoms with Crippen LogP contribution in [0.2, 0.25) is 0 Å². The van der Waals surface area contributed by atoms with Crippen LogP contribution in [0.25, 0.3) is 0 Å². The molecular weight excluding hydrogens is 356 g/mol. The SMILES string of the molecule is CC(NS(=O)(=O)c1cc(CO)ccc1Br)c1cccnc1. The van der Waals surface area contributed by atoms with Crippen LogP contribution in [0.1, 0.15) is 24.1 Å². The number of aliphatic hydroxyl groups excluding tert-OH is 1. The van der Waals surface area contributed by atoms with Gasteiger partial charge in [0.05, 0.1) is 11.5 Å². The minimum Gasteiger partial charge on any atom is -0.392 e. The number of sulfonamides is 1. The van der Waals surface area contributed by atoms with E-state index in [1.165, 1.54) is 6.07 Å². The Labute approximate surface area is 132 Å². The fourth-order valence-electron chi connectivity index (χ4n) is 1.85. The average Bonchev–Trinajstić information content (AvgIpc) is 2.48. The van der Waals surface area contributed by atoms with Crippen molar-refractivity contribution in [1.29, 1.82) is 0 Å². The zero-order valence-electron chi connectivity index (χ0n) is 11.3. The van der Waals surface area contributed by atoms with Gasteiger partial charge in [0, 0.05) is 22.9 Å². The smallest absolute Gasteiger partial charge is 0.242 e. The molecule has 2 N–H and O–H groups in total. The number of hydrogen-bond acceptors (Lipinski definition) is 4. The summed E-state index contributed by atoms with van der Waals surface area (Å²) in [5, 5.41) is 9.14. The van der Waals surface area contributed by atoms with E-state index in [9.17, 15) is 8.42 Å². The van der Waals surface area contributed by atoms with E-state index in [1.54, 1.807) is 43.6 Å². The highest BCUT2D eigenvalue weighted by Crippen LogP contribution is 2.25. The summed E-state index contributed by atoms with van der Waals surface area (Å²) in [5.74, 6) is 0. The quantitative estimate of drug-likeness (QED) is 0.846. The van der Waals surface area contributed by atoms with Crippen molar-refractivity contribution in [2.24, 2.45) is 0 Å². The van der Waals surface area contributed by atoms with Gasteiger partial charge < -0.3 is 5.11 Å². The molecule has 7 heteroatoms. The number of aliphatic hydroxyl groups is 1. The van der Waals surface area contributed by atoms with Crippen molar-refractivity contribution in [3.8, 4) is 0 Å². The van der Waals surface area contributed by atoms with Gasteiger partial charge in [0.2, 0.25) is 10.0 Å². The maximum atomic E-state index is 12.5. The Kier molecular flexibility index (Phi) is 5.10. The summed E-state index contributed by atoms with van der Waals surface area (Å²) >= 11 is 3.23. The Morgan fingerprint density at radius 2 is 2.14 bits per heavy atom. The minimum absolute atomic E-state index is 0.102. The molecule has 0 aliphatic carbocycles. The zero-order valence-corrected chi connectivity index (χ0v) is 13.7. The van der Waals surface area contributed by atoms with Crippen molar-refractivity contribution in [3.05, 3.63) is 58.3 Å². The number of benzene rings is 1. The summed E-state index contributed by atoms with van der Waals surface area (Å²) < 4.78 is 28.0. The molecule has 0 fully saturated rings. The molecular formula is C14H15BrN2O3S. The molecule has 1 atom stereocenters. The molecule has 0 spiro atoms. The van der Waals surface area contributed by atoms with E-state index < -0.39 is 16.1 Å². The largest absolute Gasteiger partial charge is 0.392 e. The summed E-state index contributed by atoms with van der Waals surface area (Å²) in [6.45, 7) is 1.53. The van der Waals surface area contributed by atoms with E-state index in [-0.39, 0.29) is 11.5 Å². The number of nitrogens with zero attached hydrogens (tertiary/aromatic N) is 1. The molecule has 1 aromatic heterocycles. The van der Waals surface area contributed by atoms with Gasteiger partial charge in [-0.3, -0.25) is 4.98 Å². The molecule has 2 aromatic rings. The number of nitrogens with one attached hydrogen (secondary N) is 1. The molecule has 0 aliphatic heterocycles. The van der Waals surface area contributed by atoms with Crippen LogP contribution in [-0.2, 0) is 16.6 Å². The van der Waals surface area contributed by atoms with Gasteiger partial charge in [-0.05, 0) is 52.2 Å². The molecule has 0 radical (unpaired) electrons. The predicted molar refractivity (Wildman–Crippen MR) is 83.0 cm³/mol.